The number of benzene rings is 1. The molecule has 0 fully saturated rings. The van der Waals surface area contributed by atoms with E-state index in [0.717, 1.165) is 0 Å². The SMILES string of the molecule is CCOC(=O)NCOC(=O)c1cc(N)cc(N)c1. The van der Waals surface area contributed by atoms with Gasteiger partial charge in [-0.15, -0.1) is 0 Å². The van der Waals surface area contributed by atoms with Crippen LogP contribution in [0.3, 0.4) is 0 Å². The molecule has 0 aliphatic heterocycles. The molecule has 0 saturated heterocycles. The van der Waals surface area contributed by atoms with Gasteiger partial charge in [0.2, 0.25) is 0 Å². The number of ether oxygens (including phenoxy) is 2. The molecule has 5 N–H and O–H groups in total. The van der Waals surface area contributed by atoms with Gasteiger partial charge in [0.05, 0.1) is 12.2 Å². The maximum atomic E-state index is 11.6. The van der Waals surface area contributed by atoms with E-state index in [1.54, 1.807) is 6.92 Å². The van der Waals surface area contributed by atoms with E-state index in [1.165, 1.54) is 18.2 Å². The average molecular weight is 253 g/mol. The zero-order valence-corrected chi connectivity index (χ0v) is 9.93. The Kier molecular flexibility index (Phi) is 4.79. The third-order valence-electron chi connectivity index (χ3n) is 1.91. The van der Waals surface area contributed by atoms with Crippen LogP contribution in [0.4, 0.5) is 16.2 Å². The van der Waals surface area contributed by atoms with E-state index in [0.29, 0.717) is 11.4 Å². The number of hydrogen-bond acceptors (Lipinski definition) is 6. The largest absolute Gasteiger partial charge is 0.450 e. The minimum absolute atomic E-state index is 0.221. The Morgan fingerprint density at radius 3 is 2.33 bits per heavy atom. The molecule has 7 nitrogen and oxygen atoms in total. The molecular formula is C11H15N3O4. The number of carbonyl (C=O) groups is 2. The third-order valence-corrected chi connectivity index (χ3v) is 1.91. The number of nitrogens with two attached hydrogens (primary N) is 2. The van der Waals surface area contributed by atoms with Crippen molar-refractivity contribution in [3.05, 3.63) is 23.8 Å². The van der Waals surface area contributed by atoms with Crippen LogP contribution < -0.4 is 16.8 Å². The Morgan fingerprint density at radius 2 is 1.78 bits per heavy atom. The highest BCUT2D eigenvalue weighted by molar-refractivity contribution is 5.91. The fourth-order valence-electron chi connectivity index (χ4n) is 1.22. The summed E-state index contributed by atoms with van der Waals surface area (Å²) in [5.74, 6) is -0.634. The minimum atomic E-state index is -0.655. The van der Waals surface area contributed by atoms with Gasteiger partial charge in [0.1, 0.15) is 0 Å². The normalized spacial score (nSPS) is 9.61. The van der Waals surface area contributed by atoms with Gasteiger partial charge in [-0.05, 0) is 25.1 Å². The van der Waals surface area contributed by atoms with Gasteiger partial charge in [-0.1, -0.05) is 0 Å². The predicted octanol–water partition coefficient (Wildman–Crippen LogP) is 0.711. The van der Waals surface area contributed by atoms with Crippen LogP contribution in [-0.2, 0) is 9.47 Å². The molecule has 1 aromatic carbocycles. The van der Waals surface area contributed by atoms with Gasteiger partial charge in [-0.3, -0.25) is 5.32 Å². The number of carbonyl (C=O) groups excluding carboxylic acids is 2. The molecule has 0 aliphatic rings. The lowest BCUT2D eigenvalue weighted by Crippen LogP contribution is -2.28. The highest BCUT2D eigenvalue weighted by Gasteiger charge is 2.09. The Balaban J connectivity index is 2.48. The van der Waals surface area contributed by atoms with Crippen LogP contribution in [0.25, 0.3) is 0 Å². The van der Waals surface area contributed by atoms with Gasteiger partial charge in [0.15, 0.2) is 6.73 Å². The van der Waals surface area contributed by atoms with Gasteiger partial charge < -0.3 is 20.9 Å². The first kappa shape index (κ1) is 13.6. The van der Waals surface area contributed by atoms with Crippen molar-refractivity contribution in [1.82, 2.24) is 5.32 Å². The number of esters is 1. The molecule has 18 heavy (non-hydrogen) atoms. The van der Waals surface area contributed by atoms with E-state index < -0.39 is 12.1 Å². The number of anilines is 2. The van der Waals surface area contributed by atoms with Crippen molar-refractivity contribution in [2.24, 2.45) is 0 Å². The number of nitrogens with one attached hydrogen (secondary N) is 1. The molecule has 1 aromatic rings. The fraction of sp³-hybridized carbons (Fsp3) is 0.273. The van der Waals surface area contributed by atoms with Crippen LogP contribution in [0.2, 0.25) is 0 Å². The highest BCUT2D eigenvalue weighted by Crippen LogP contribution is 2.14. The molecule has 0 bridgehead atoms. The first-order valence-electron chi connectivity index (χ1n) is 5.26. The van der Waals surface area contributed by atoms with Crippen LogP contribution in [-0.4, -0.2) is 25.4 Å². The molecule has 0 atom stereocenters. The maximum absolute atomic E-state index is 11.6. The second-order valence-corrected chi connectivity index (χ2v) is 3.36. The van der Waals surface area contributed by atoms with Gasteiger partial charge in [0.25, 0.3) is 0 Å². The van der Waals surface area contributed by atoms with E-state index in [9.17, 15) is 9.59 Å². The number of hydrogen-bond donors (Lipinski definition) is 3. The molecular weight excluding hydrogens is 238 g/mol. The summed E-state index contributed by atoms with van der Waals surface area (Å²) in [6, 6.07) is 4.39. The molecule has 1 rings (SSSR count). The molecule has 0 unspecified atom stereocenters. The summed E-state index contributed by atoms with van der Waals surface area (Å²) in [4.78, 5) is 22.5. The second kappa shape index (κ2) is 6.33. The summed E-state index contributed by atoms with van der Waals surface area (Å²) in [7, 11) is 0. The Hall–Kier alpha value is -2.44. The first-order valence-corrected chi connectivity index (χ1v) is 5.26. The molecule has 7 heteroatoms. The van der Waals surface area contributed by atoms with Crippen LogP contribution >= 0.6 is 0 Å². The predicted molar refractivity (Wildman–Crippen MR) is 65.7 cm³/mol. The van der Waals surface area contributed by atoms with Crippen LogP contribution in [0.5, 0.6) is 0 Å². The van der Waals surface area contributed by atoms with Gasteiger partial charge in [0, 0.05) is 11.4 Å². The molecule has 0 spiro atoms. The van der Waals surface area contributed by atoms with Crippen molar-refractivity contribution >= 4 is 23.4 Å². The van der Waals surface area contributed by atoms with Gasteiger partial charge >= 0.3 is 12.1 Å². The third kappa shape index (κ3) is 4.20. The number of nitrogen functional groups attached to an aromatic ring is 2. The molecule has 0 heterocycles. The zero-order chi connectivity index (χ0) is 13.5. The molecule has 0 saturated carbocycles. The summed E-state index contributed by atoms with van der Waals surface area (Å²) in [6.45, 7) is 1.62. The zero-order valence-electron chi connectivity index (χ0n) is 9.93. The highest BCUT2D eigenvalue weighted by atomic mass is 16.6. The topological polar surface area (TPSA) is 117 Å². The van der Waals surface area contributed by atoms with Crippen molar-refractivity contribution in [2.75, 3.05) is 24.8 Å². The van der Waals surface area contributed by atoms with Crippen molar-refractivity contribution in [2.45, 2.75) is 6.92 Å². The van der Waals surface area contributed by atoms with E-state index in [1.807, 2.05) is 0 Å². The summed E-state index contributed by atoms with van der Waals surface area (Å²) in [5.41, 5.74) is 12.0. The summed E-state index contributed by atoms with van der Waals surface area (Å²) >= 11 is 0. The summed E-state index contributed by atoms with van der Waals surface area (Å²) in [5, 5.41) is 2.25. The molecule has 0 aliphatic carbocycles. The summed E-state index contributed by atoms with van der Waals surface area (Å²) < 4.78 is 9.38. The van der Waals surface area contributed by atoms with E-state index >= 15 is 0 Å². The molecule has 1 amide bonds. The lowest BCUT2D eigenvalue weighted by molar-refractivity contribution is 0.0465. The van der Waals surface area contributed by atoms with Crippen molar-refractivity contribution in [1.29, 1.82) is 0 Å². The van der Waals surface area contributed by atoms with Crippen molar-refractivity contribution < 1.29 is 19.1 Å². The molecule has 98 valence electrons. The van der Waals surface area contributed by atoms with Gasteiger partial charge in [-0.25, -0.2) is 9.59 Å². The Morgan fingerprint density at radius 1 is 1.17 bits per heavy atom. The monoisotopic (exact) mass is 253 g/mol. The number of alkyl carbamates (subject to hydrolysis) is 1. The van der Waals surface area contributed by atoms with E-state index in [2.05, 4.69) is 10.1 Å². The minimum Gasteiger partial charge on any atom is -0.450 e. The number of amides is 1. The van der Waals surface area contributed by atoms with Crippen LogP contribution in [0.15, 0.2) is 18.2 Å². The van der Waals surface area contributed by atoms with Crippen molar-refractivity contribution in [3.8, 4) is 0 Å². The van der Waals surface area contributed by atoms with E-state index in [-0.39, 0.29) is 18.9 Å². The quantitative estimate of drug-likeness (QED) is 0.413. The van der Waals surface area contributed by atoms with Crippen LogP contribution in [0, 0.1) is 0 Å². The average Bonchev–Trinajstić information content (AvgIpc) is 2.27. The van der Waals surface area contributed by atoms with Crippen LogP contribution in [0.1, 0.15) is 17.3 Å². The van der Waals surface area contributed by atoms with Crippen molar-refractivity contribution in [3.63, 3.8) is 0 Å². The Bertz CT molecular complexity index is 428. The molecule has 0 aromatic heterocycles. The van der Waals surface area contributed by atoms with Gasteiger partial charge in [-0.2, -0.15) is 0 Å². The maximum Gasteiger partial charge on any atom is 0.409 e. The second-order valence-electron chi connectivity index (χ2n) is 3.36. The smallest absolute Gasteiger partial charge is 0.409 e. The fourth-order valence-corrected chi connectivity index (χ4v) is 1.22. The summed E-state index contributed by atoms with van der Waals surface area (Å²) in [6.07, 6.45) is -0.655. The lowest BCUT2D eigenvalue weighted by atomic mass is 10.2. The lowest BCUT2D eigenvalue weighted by Gasteiger charge is -2.07. The Labute approximate surface area is 104 Å². The first-order chi connectivity index (χ1) is 8.52. The van der Waals surface area contributed by atoms with E-state index in [4.69, 9.17) is 16.2 Å². The number of rotatable bonds is 4. The standard InChI is InChI=1S/C11H15N3O4/c1-2-17-11(16)14-6-18-10(15)7-3-8(12)5-9(13)4-7/h3-5H,2,6,12-13H2,1H3,(H,14,16). The molecule has 0 radical (unpaired) electrons.